The van der Waals surface area contributed by atoms with Crippen molar-refractivity contribution in [2.24, 2.45) is 5.92 Å². The van der Waals surface area contributed by atoms with E-state index in [-0.39, 0.29) is 0 Å². The molecule has 0 radical (unpaired) electrons. The SMILES string of the molecule is O=C(O)C(Cc1c(F)ccc(F)c1F)C(=O)O. The minimum atomic E-state index is -2.03. The molecule has 0 unspecified atom stereocenters. The molecule has 4 nitrogen and oxygen atoms in total. The molecule has 0 bridgehead atoms. The average Bonchev–Trinajstić information content (AvgIpc) is 2.23. The molecule has 0 aliphatic rings. The van der Waals surface area contributed by atoms with E-state index in [0.29, 0.717) is 12.1 Å². The van der Waals surface area contributed by atoms with Crippen LogP contribution in [0.2, 0.25) is 0 Å². The van der Waals surface area contributed by atoms with Gasteiger partial charge in [0, 0.05) is 12.0 Å². The molecular formula is C10H7F3O4. The van der Waals surface area contributed by atoms with Crippen molar-refractivity contribution >= 4 is 11.9 Å². The molecule has 0 spiro atoms. The van der Waals surface area contributed by atoms with E-state index >= 15 is 0 Å². The zero-order chi connectivity index (χ0) is 13.2. The fraction of sp³-hybridized carbons (Fsp3) is 0.200. The number of carboxylic acid groups (broad SMARTS) is 2. The number of rotatable bonds is 4. The van der Waals surface area contributed by atoms with E-state index in [1.807, 2.05) is 0 Å². The van der Waals surface area contributed by atoms with Crippen LogP contribution in [0.15, 0.2) is 12.1 Å². The summed E-state index contributed by atoms with van der Waals surface area (Å²) < 4.78 is 39.0. The molecule has 0 fully saturated rings. The van der Waals surface area contributed by atoms with Gasteiger partial charge in [0.25, 0.3) is 0 Å². The summed E-state index contributed by atoms with van der Waals surface area (Å²) >= 11 is 0. The van der Waals surface area contributed by atoms with E-state index in [2.05, 4.69) is 0 Å². The Morgan fingerprint density at radius 3 is 2.00 bits per heavy atom. The van der Waals surface area contributed by atoms with Crippen LogP contribution in [0.5, 0.6) is 0 Å². The molecule has 92 valence electrons. The minimum Gasteiger partial charge on any atom is -0.481 e. The number of hydrogen-bond donors (Lipinski definition) is 2. The maximum absolute atomic E-state index is 13.1. The van der Waals surface area contributed by atoms with Gasteiger partial charge in [-0.3, -0.25) is 9.59 Å². The van der Waals surface area contributed by atoms with Crippen LogP contribution in [0, 0.1) is 23.4 Å². The number of benzene rings is 1. The van der Waals surface area contributed by atoms with Gasteiger partial charge in [-0.25, -0.2) is 13.2 Å². The topological polar surface area (TPSA) is 74.6 Å². The fourth-order valence-corrected chi connectivity index (χ4v) is 1.24. The van der Waals surface area contributed by atoms with Crippen LogP contribution in [-0.4, -0.2) is 22.2 Å². The minimum absolute atomic E-state index is 0.532. The van der Waals surface area contributed by atoms with Crippen molar-refractivity contribution in [2.45, 2.75) is 6.42 Å². The first kappa shape index (κ1) is 13.0. The van der Waals surface area contributed by atoms with Gasteiger partial charge < -0.3 is 10.2 Å². The van der Waals surface area contributed by atoms with Gasteiger partial charge >= 0.3 is 11.9 Å². The van der Waals surface area contributed by atoms with E-state index in [0.717, 1.165) is 0 Å². The smallest absolute Gasteiger partial charge is 0.318 e. The van der Waals surface area contributed by atoms with Crippen molar-refractivity contribution in [3.8, 4) is 0 Å². The third-order valence-corrected chi connectivity index (χ3v) is 2.14. The molecule has 0 atom stereocenters. The first-order valence-electron chi connectivity index (χ1n) is 4.42. The third-order valence-electron chi connectivity index (χ3n) is 2.14. The highest BCUT2D eigenvalue weighted by Gasteiger charge is 2.29. The molecule has 0 aliphatic carbocycles. The van der Waals surface area contributed by atoms with Gasteiger partial charge in [0.2, 0.25) is 0 Å². The van der Waals surface area contributed by atoms with Crippen LogP contribution >= 0.6 is 0 Å². The lowest BCUT2D eigenvalue weighted by atomic mass is 9.98. The summed E-state index contributed by atoms with van der Waals surface area (Å²) in [5.41, 5.74) is -0.889. The molecule has 0 aliphatic heterocycles. The largest absolute Gasteiger partial charge is 0.481 e. The Bertz CT molecular complexity index is 459. The molecule has 0 saturated carbocycles. The van der Waals surface area contributed by atoms with Gasteiger partial charge in [-0.15, -0.1) is 0 Å². The number of carbonyl (C=O) groups is 2. The van der Waals surface area contributed by atoms with Gasteiger partial charge in [-0.2, -0.15) is 0 Å². The maximum atomic E-state index is 13.1. The Morgan fingerprint density at radius 1 is 1.06 bits per heavy atom. The molecule has 1 rings (SSSR count). The highest BCUT2D eigenvalue weighted by Crippen LogP contribution is 2.19. The molecule has 7 heteroatoms. The molecule has 0 amide bonds. The zero-order valence-electron chi connectivity index (χ0n) is 8.28. The number of hydrogen-bond acceptors (Lipinski definition) is 2. The van der Waals surface area contributed by atoms with E-state index in [1.165, 1.54) is 0 Å². The molecule has 1 aromatic rings. The first-order valence-corrected chi connectivity index (χ1v) is 4.42. The Hall–Kier alpha value is -2.05. The highest BCUT2D eigenvalue weighted by molar-refractivity contribution is 5.93. The summed E-state index contributed by atoms with van der Waals surface area (Å²) in [5.74, 6) is -9.65. The van der Waals surface area contributed by atoms with Gasteiger partial charge in [0.1, 0.15) is 5.82 Å². The van der Waals surface area contributed by atoms with Crippen molar-refractivity contribution in [1.82, 2.24) is 0 Å². The van der Waals surface area contributed by atoms with E-state index in [9.17, 15) is 22.8 Å². The summed E-state index contributed by atoms with van der Waals surface area (Å²) in [6.07, 6.45) is -0.958. The molecular weight excluding hydrogens is 241 g/mol. The van der Waals surface area contributed by atoms with Gasteiger partial charge in [0.15, 0.2) is 17.6 Å². The van der Waals surface area contributed by atoms with Crippen molar-refractivity contribution in [3.63, 3.8) is 0 Å². The van der Waals surface area contributed by atoms with Crippen molar-refractivity contribution in [1.29, 1.82) is 0 Å². The third kappa shape index (κ3) is 2.74. The lowest BCUT2D eigenvalue weighted by Gasteiger charge is -2.09. The predicted octanol–water partition coefficient (Wildman–Crippen LogP) is 1.43. The standard InChI is InChI=1S/C10H7F3O4/c11-6-1-2-7(12)8(13)4(6)3-5(9(14)15)10(16)17/h1-2,5H,3H2,(H,14,15)(H,16,17). The highest BCUT2D eigenvalue weighted by atomic mass is 19.2. The Labute approximate surface area is 93.3 Å². The van der Waals surface area contributed by atoms with Crippen molar-refractivity contribution in [3.05, 3.63) is 35.1 Å². The fourth-order valence-electron chi connectivity index (χ4n) is 1.24. The van der Waals surface area contributed by atoms with Crippen LogP contribution in [-0.2, 0) is 16.0 Å². The Balaban J connectivity index is 3.13. The lowest BCUT2D eigenvalue weighted by Crippen LogP contribution is -2.26. The van der Waals surface area contributed by atoms with E-state index < -0.39 is 47.3 Å². The van der Waals surface area contributed by atoms with E-state index in [4.69, 9.17) is 10.2 Å². The second-order valence-electron chi connectivity index (χ2n) is 3.25. The van der Waals surface area contributed by atoms with Gasteiger partial charge in [-0.1, -0.05) is 0 Å². The number of carboxylic acids is 2. The molecule has 0 heterocycles. The Kier molecular flexibility index (Phi) is 3.72. The predicted molar refractivity (Wildman–Crippen MR) is 48.8 cm³/mol. The second kappa shape index (κ2) is 4.86. The summed E-state index contributed by atoms with van der Waals surface area (Å²) in [6, 6.07) is 1.14. The van der Waals surface area contributed by atoms with Gasteiger partial charge in [0.05, 0.1) is 0 Å². The summed E-state index contributed by atoms with van der Waals surface area (Å²) in [7, 11) is 0. The van der Waals surface area contributed by atoms with Gasteiger partial charge in [-0.05, 0) is 12.1 Å². The maximum Gasteiger partial charge on any atom is 0.318 e. The quantitative estimate of drug-likeness (QED) is 0.624. The Morgan fingerprint density at radius 2 is 1.53 bits per heavy atom. The average molecular weight is 248 g/mol. The van der Waals surface area contributed by atoms with Crippen molar-refractivity contribution in [2.75, 3.05) is 0 Å². The van der Waals surface area contributed by atoms with E-state index in [1.54, 1.807) is 0 Å². The summed E-state index contributed by atoms with van der Waals surface area (Å²) in [5, 5.41) is 17.1. The molecule has 0 saturated heterocycles. The summed E-state index contributed by atoms with van der Waals surface area (Å²) in [6.45, 7) is 0. The first-order chi connectivity index (χ1) is 7.84. The molecule has 17 heavy (non-hydrogen) atoms. The van der Waals surface area contributed by atoms with Crippen molar-refractivity contribution < 1.29 is 33.0 Å². The monoisotopic (exact) mass is 248 g/mol. The zero-order valence-corrected chi connectivity index (χ0v) is 8.28. The molecule has 0 aromatic heterocycles. The normalized spacial score (nSPS) is 10.6. The van der Waals surface area contributed by atoms with Crippen LogP contribution in [0.1, 0.15) is 5.56 Å². The van der Waals surface area contributed by atoms with Crippen LogP contribution < -0.4 is 0 Å². The second-order valence-corrected chi connectivity index (χ2v) is 3.25. The molecule has 1 aromatic carbocycles. The number of aliphatic carboxylic acids is 2. The van der Waals surface area contributed by atoms with Crippen LogP contribution in [0.3, 0.4) is 0 Å². The van der Waals surface area contributed by atoms with Crippen LogP contribution in [0.25, 0.3) is 0 Å². The van der Waals surface area contributed by atoms with Crippen LogP contribution in [0.4, 0.5) is 13.2 Å². The number of halogens is 3. The molecule has 2 N–H and O–H groups in total. The summed E-state index contributed by atoms with van der Waals surface area (Å²) in [4.78, 5) is 21.1. The lowest BCUT2D eigenvalue weighted by molar-refractivity contribution is -0.154.